The number of benzene rings is 1. The average molecular weight is 429 g/mol. The molecule has 0 saturated carbocycles. The van der Waals surface area contributed by atoms with Gasteiger partial charge in [0.05, 0.1) is 30.3 Å². The Labute approximate surface area is 171 Å². The van der Waals surface area contributed by atoms with E-state index >= 15 is 0 Å². The van der Waals surface area contributed by atoms with Crippen molar-refractivity contribution in [2.75, 3.05) is 20.0 Å². The van der Waals surface area contributed by atoms with Crippen LogP contribution in [-0.2, 0) is 38.3 Å². The fourth-order valence-electron chi connectivity index (χ4n) is 3.84. The van der Waals surface area contributed by atoms with Crippen molar-refractivity contribution in [3.05, 3.63) is 29.8 Å². The van der Waals surface area contributed by atoms with Gasteiger partial charge in [-0.3, -0.25) is 4.79 Å². The molecule has 5 atom stereocenters. The molecule has 0 aromatic heterocycles. The van der Waals surface area contributed by atoms with Gasteiger partial charge in [0.1, 0.15) is 12.2 Å². The fourth-order valence-corrected chi connectivity index (χ4v) is 5.46. The first-order chi connectivity index (χ1) is 13.6. The summed E-state index contributed by atoms with van der Waals surface area (Å²) in [6.07, 6.45) is -2.62. The number of fused-ring (bicyclic) bond motifs is 1. The highest BCUT2D eigenvalue weighted by Crippen LogP contribution is 2.41. The number of ether oxygens (including phenoxy) is 5. The molecule has 3 rings (SSSR count). The maximum absolute atomic E-state index is 13.0. The lowest BCUT2D eigenvalue weighted by atomic mass is 9.95. The van der Waals surface area contributed by atoms with Crippen LogP contribution in [0.1, 0.15) is 25.8 Å². The third kappa shape index (κ3) is 4.80. The Hall–Kier alpha value is -1.52. The van der Waals surface area contributed by atoms with Gasteiger partial charge in [0, 0.05) is 13.0 Å². The minimum atomic E-state index is -3.67. The van der Waals surface area contributed by atoms with Crippen molar-refractivity contribution < 1.29 is 36.9 Å². The van der Waals surface area contributed by atoms with E-state index in [0.717, 1.165) is 5.56 Å². The summed E-state index contributed by atoms with van der Waals surface area (Å²) in [7, 11) is -0.904. The molecule has 9 heteroatoms. The molecule has 0 radical (unpaired) electrons. The number of methoxy groups -OCH3 is 2. The van der Waals surface area contributed by atoms with Gasteiger partial charge in [-0.15, -0.1) is 0 Å². The molecule has 0 N–H and O–H groups in total. The van der Waals surface area contributed by atoms with E-state index in [4.69, 9.17) is 23.7 Å². The zero-order valence-corrected chi connectivity index (χ0v) is 18.1. The molecule has 0 spiro atoms. The van der Waals surface area contributed by atoms with Crippen molar-refractivity contribution in [2.24, 2.45) is 5.92 Å². The van der Waals surface area contributed by atoms with Gasteiger partial charge in [-0.25, -0.2) is 8.42 Å². The summed E-state index contributed by atoms with van der Waals surface area (Å²) in [4.78, 5) is 12.2. The summed E-state index contributed by atoms with van der Waals surface area (Å²) in [5.41, 5.74) is 0.957. The smallest absolute Gasteiger partial charge is 0.305 e. The molecule has 8 nitrogen and oxygen atoms in total. The van der Waals surface area contributed by atoms with Crippen molar-refractivity contribution in [1.29, 1.82) is 0 Å². The van der Waals surface area contributed by atoms with E-state index in [1.54, 1.807) is 38.1 Å². The summed E-state index contributed by atoms with van der Waals surface area (Å²) in [6, 6.07) is 6.60. The predicted octanol–water partition coefficient (Wildman–Crippen LogP) is 1.84. The molecule has 2 aliphatic heterocycles. The monoisotopic (exact) mass is 428 g/mol. The van der Waals surface area contributed by atoms with Crippen LogP contribution in [0.25, 0.3) is 0 Å². The zero-order chi connectivity index (χ0) is 21.4. The molecular formula is C20H28O8S. The lowest BCUT2D eigenvalue weighted by molar-refractivity contribution is -0.222. The predicted molar refractivity (Wildman–Crippen MR) is 103 cm³/mol. The molecule has 29 heavy (non-hydrogen) atoms. The summed E-state index contributed by atoms with van der Waals surface area (Å²) in [5.74, 6) is -2.34. The Morgan fingerprint density at radius 1 is 1.17 bits per heavy atom. The first-order valence-electron chi connectivity index (χ1n) is 9.46. The standard InChI is InChI=1S/C20H28O8S/c1-12-6-8-14(9-7-12)29(22,23)11-13(10-15(21)24-4)16-17(25-5)18-19(26-16)28-20(2,3)27-18/h6-9,13,16-19H,10-11H2,1-5H3/t13-,16-,17+,18-,19-/m1/s1. The Morgan fingerprint density at radius 3 is 2.41 bits per heavy atom. The van der Waals surface area contributed by atoms with Gasteiger partial charge in [-0.05, 0) is 32.9 Å². The van der Waals surface area contributed by atoms with E-state index < -0.39 is 52.1 Å². The van der Waals surface area contributed by atoms with E-state index in [2.05, 4.69) is 0 Å². The van der Waals surface area contributed by atoms with Crippen LogP contribution >= 0.6 is 0 Å². The van der Waals surface area contributed by atoms with Crippen LogP contribution in [0.2, 0.25) is 0 Å². The normalized spacial score (nSPS) is 29.4. The van der Waals surface area contributed by atoms with Gasteiger partial charge in [-0.2, -0.15) is 0 Å². The summed E-state index contributed by atoms with van der Waals surface area (Å²) in [5, 5.41) is 0. The molecule has 1 aromatic rings. The lowest BCUT2D eigenvalue weighted by Crippen LogP contribution is -2.42. The largest absolute Gasteiger partial charge is 0.469 e. The molecule has 1 aromatic carbocycles. The van der Waals surface area contributed by atoms with Crippen molar-refractivity contribution in [3.8, 4) is 0 Å². The molecule has 2 heterocycles. The van der Waals surface area contributed by atoms with Crippen LogP contribution in [0, 0.1) is 12.8 Å². The van der Waals surface area contributed by atoms with Crippen molar-refractivity contribution in [1.82, 2.24) is 0 Å². The Balaban J connectivity index is 1.86. The fraction of sp³-hybridized carbons (Fsp3) is 0.650. The highest BCUT2D eigenvalue weighted by atomic mass is 32.2. The second kappa shape index (κ2) is 8.31. The van der Waals surface area contributed by atoms with Gasteiger partial charge in [0.25, 0.3) is 0 Å². The minimum Gasteiger partial charge on any atom is -0.469 e. The van der Waals surface area contributed by atoms with E-state index in [1.807, 2.05) is 6.92 Å². The number of hydrogen-bond acceptors (Lipinski definition) is 8. The molecule has 0 amide bonds. The highest BCUT2D eigenvalue weighted by Gasteiger charge is 2.57. The van der Waals surface area contributed by atoms with Crippen LogP contribution in [0.15, 0.2) is 29.2 Å². The Morgan fingerprint density at radius 2 is 1.83 bits per heavy atom. The molecule has 2 fully saturated rings. The van der Waals surface area contributed by atoms with Gasteiger partial charge in [0.15, 0.2) is 21.9 Å². The van der Waals surface area contributed by atoms with Crippen LogP contribution in [-0.4, -0.2) is 64.7 Å². The molecule has 2 saturated heterocycles. The topological polar surface area (TPSA) is 97.4 Å². The van der Waals surface area contributed by atoms with Gasteiger partial charge in [-0.1, -0.05) is 17.7 Å². The Bertz CT molecular complexity index is 833. The molecule has 0 unspecified atom stereocenters. The average Bonchev–Trinajstić information content (AvgIpc) is 3.12. The quantitative estimate of drug-likeness (QED) is 0.607. The number of aryl methyl sites for hydroxylation is 1. The zero-order valence-electron chi connectivity index (χ0n) is 17.3. The Kier molecular flexibility index (Phi) is 6.35. The number of carbonyl (C=O) groups excluding carboxylic acids is 1. The maximum Gasteiger partial charge on any atom is 0.305 e. The third-order valence-electron chi connectivity index (χ3n) is 5.23. The third-order valence-corrected chi connectivity index (χ3v) is 7.09. The van der Waals surface area contributed by atoms with E-state index in [9.17, 15) is 13.2 Å². The summed E-state index contributed by atoms with van der Waals surface area (Å²) >= 11 is 0. The lowest BCUT2D eigenvalue weighted by Gasteiger charge is -2.29. The van der Waals surface area contributed by atoms with E-state index in [-0.39, 0.29) is 17.1 Å². The number of sulfone groups is 1. The van der Waals surface area contributed by atoms with Crippen molar-refractivity contribution >= 4 is 15.8 Å². The van der Waals surface area contributed by atoms with Gasteiger partial charge >= 0.3 is 5.97 Å². The van der Waals surface area contributed by atoms with Crippen LogP contribution < -0.4 is 0 Å². The van der Waals surface area contributed by atoms with Gasteiger partial charge < -0.3 is 23.7 Å². The summed E-state index contributed by atoms with van der Waals surface area (Å²) < 4.78 is 54.0. The number of rotatable bonds is 7. The second-order valence-electron chi connectivity index (χ2n) is 7.90. The number of esters is 1. The van der Waals surface area contributed by atoms with Crippen LogP contribution in [0.5, 0.6) is 0 Å². The maximum atomic E-state index is 13.0. The minimum absolute atomic E-state index is 0.130. The number of carbonyl (C=O) groups is 1. The molecular weight excluding hydrogens is 400 g/mol. The first-order valence-corrected chi connectivity index (χ1v) is 11.1. The molecule has 2 aliphatic rings. The van der Waals surface area contributed by atoms with E-state index in [1.165, 1.54) is 14.2 Å². The first kappa shape index (κ1) is 22.2. The van der Waals surface area contributed by atoms with Crippen LogP contribution in [0.3, 0.4) is 0 Å². The molecule has 0 bridgehead atoms. The van der Waals surface area contributed by atoms with Gasteiger partial charge in [0.2, 0.25) is 0 Å². The SMILES string of the molecule is COC(=O)C[C@H](CS(=O)(=O)c1ccc(C)cc1)[C@H]1O[C@@H]2OC(C)(C)O[C@@H]2[C@H]1OC. The second-order valence-corrected chi connectivity index (χ2v) is 9.94. The van der Waals surface area contributed by atoms with Crippen molar-refractivity contribution in [2.45, 2.75) is 62.5 Å². The van der Waals surface area contributed by atoms with Crippen LogP contribution in [0.4, 0.5) is 0 Å². The molecule has 0 aliphatic carbocycles. The highest BCUT2D eigenvalue weighted by molar-refractivity contribution is 7.91. The van der Waals surface area contributed by atoms with Crippen molar-refractivity contribution in [3.63, 3.8) is 0 Å². The van der Waals surface area contributed by atoms with E-state index in [0.29, 0.717) is 0 Å². The summed E-state index contributed by atoms with van der Waals surface area (Å²) in [6.45, 7) is 5.42. The number of hydrogen-bond donors (Lipinski definition) is 0. The molecule has 162 valence electrons.